The van der Waals surface area contributed by atoms with Gasteiger partial charge in [-0.15, -0.1) is 0 Å². The fourth-order valence-corrected chi connectivity index (χ4v) is 2.47. The molecule has 0 aliphatic heterocycles. The van der Waals surface area contributed by atoms with Crippen LogP contribution in [0.4, 0.5) is 24.5 Å². The van der Waals surface area contributed by atoms with Crippen molar-refractivity contribution in [2.75, 3.05) is 18.1 Å². The first-order valence-corrected chi connectivity index (χ1v) is 8.45. The number of carbonyl (C=O) groups excluding carboxylic acids is 1. The van der Waals surface area contributed by atoms with Crippen LogP contribution in [0.25, 0.3) is 5.69 Å². The second-order valence-corrected chi connectivity index (χ2v) is 6.21. The van der Waals surface area contributed by atoms with E-state index >= 15 is 0 Å². The van der Waals surface area contributed by atoms with Crippen molar-refractivity contribution in [2.24, 2.45) is 0 Å². The summed E-state index contributed by atoms with van der Waals surface area (Å²) in [5, 5.41) is 7.56. The normalized spacial score (nSPS) is 10.8. The Labute approximate surface area is 164 Å². The van der Waals surface area contributed by atoms with E-state index in [4.69, 9.17) is 17.3 Å². The maximum atomic E-state index is 12.9. The molecule has 0 atom stereocenters. The number of nitrogens with two attached hydrogens (primary N) is 1. The van der Waals surface area contributed by atoms with Crippen molar-refractivity contribution < 1.29 is 18.0 Å². The number of alkyl halides is 3. The van der Waals surface area contributed by atoms with Crippen molar-refractivity contribution >= 4 is 29.3 Å². The molecule has 5 nitrogen and oxygen atoms in total. The number of aromatic nitrogens is 2. The van der Waals surface area contributed by atoms with Crippen LogP contribution in [0.15, 0.2) is 48.5 Å². The van der Waals surface area contributed by atoms with E-state index in [9.17, 15) is 18.0 Å². The van der Waals surface area contributed by atoms with Crippen molar-refractivity contribution in [3.8, 4) is 5.69 Å². The summed E-state index contributed by atoms with van der Waals surface area (Å²) < 4.78 is 39.3. The molecule has 1 heterocycles. The molecule has 0 fully saturated rings. The number of rotatable bonds is 3. The van der Waals surface area contributed by atoms with Gasteiger partial charge in [0.25, 0.3) is 0 Å². The monoisotopic (exact) mass is 410 g/mol. The van der Waals surface area contributed by atoms with Gasteiger partial charge in [-0.3, -0.25) is 4.79 Å². The first kappa shape index (κ1) is 21.3. The Morgan fingerprint density at radius 3 is 2.29 bits per heavy atom. The van der Waals surface area contributed by atoms with Crippen LogP contribution in [0.2, 0.25) is 5.02 Å². The Balaban J connectivity index is 0.000000261. The molecular formula is C19H18ClF3N4O. The highest BCUT2D eigenvalue weighted by Gasteiger charge is 2.36. The van der Waals surface area contributed by atoms with E-state index in [0.29, 0.717) is 11.8 Å². The van der Waals surface area contributed by atoms with Gasteiger partial charge < -0.3 is 11.1 Å². The third-order valence-electron chi connectivity index (χ3n) is 3.67. The van der Waals surface area contributed by atoms with Gasteiger partial charge in [-0.25, -0.2) is 4.68 Å². The molecule has 0 bridgehead atoms. The Morgan fingerprint density at radius 2 is 1.79 bits per heavy atom. The number of aryl methyl sites for hydroxylation is 1. The van der Waals surface area contributed by atoms with Gasteiger partial charge in [-0.1, -0.05) is 11.6 Å². The molecule has 1 aromatic heterocycles. The van der Waals surface area contributed by atoms with Gasteiger partial charge in [-0.2, -0.15) is 18.3 Å². The highest BCUT2D eigenvalue weighted by Crippen LogP contribution is 2.32. The minimum Gasteiger partial charge on any atom is -0.397 e. The average molecular weight is 411 g/mol. The largest absolute Gasteiger partial charge is 0.433 e. The van der Waals surface area contributed by atoms with Crippen molar-refractivity contribution in [2.45, 2.75) is 13.1 Å². The molecule has 0 saturated heterocycles. The second kappa shape index (κ2) is 8.79. The van der Waals surface area contributed by atoms with Crippen LogP contribution in [-0.2, 0) is 6.18 Å². The molecule has 0 amide bonds. The van der Waals surface area contributed by atoms with Gasteiger partial charge >= 0.3 is 6.18 Å². The molecule has 0 radical (unpaired) electrons. The summed E-state index contributed by atoms with van der Waals surface area (Å²) >= 11 is 5.64. The summed E-state index contributed by atoms with van der Waals surface area (Å²) in [6, 6.07) is 12.5. The second-order valence-electron chi connectivity index (χ2n) is 5.77. The lowest BCUT2D eigenvalue weighted by molar-refractivity contribution is -0.142. The minimum atomic E-state index is -4.53. The molecule has 0 spiro atoms. The number of aldehydes is 1. The molecule has 0 aliphatic carbocycles. The maximum Gasteiger partial charge on any atom is 0.433 e. The zero-order chi connectivity index (χ0) is 20.9. The zero-order valence-electron chi connectivity index (χ0n) is 15.1. The number of carbonyl (C=O) groups is 1. The summed E-state index contributed by atoms with van der Waals surface area (Å²) in [7, 11) is 1.88. The van der Waals surface area contributed by atoms with E-state index in [1.165, 1.54) is 25.1 Å². The van der Waals surface area contributed by atoms with Gasteiger partial charge in [0, 0.05) is 23.3 Å². The number of anilines is 2. The number of nitrogens with one attached hydrogen (secondary N) is 1. The van der Waals surface area contributed by atoms with Crippen LogP contribution in [0, 0.1) is 6.92 Å². The van der Waals surface area contributed by atoms with E-state index in [1.54, 1.807) is 0 Å². The van der Waals surface area contributed by atoms with Gasteiger partial charge in [0.2, 0.25) is 0 Å². The highest BCUT2D eigenvalue weighted by molar-refractivity contribution is 6.30. The fourth-order valence-electron chi connectivity index (χ4n) is 2.34. The molecule has 28 heavy (non-hydrogen) atoms. The topological polar surface area (TPSA) is 72.9 Å². The van der Waals surface area contributed by atoms with E-state index in [-0.39, 0.29) is 17.1 Å². The number of hydrogen-bond donors (Lipinski definition) is 2. The van der Waals surface area contributed by atoms with Crippen LogP contribution < -0.4 is 11.1 Å². The molecule has 2 aromatic carbocycles. The Morgan fingerprint density at radius 1 is 1.14 bits per heavy atom. The van der Waals surface area contributed by atoms with Crippen molar-refractivity contribution in [1.82, 2.24) is 9.78 Å². The van der Waals surface area contributed by atoms with Crippen LogP contribution in [0.3, 0.4) is 0 Å². The first-order valence-electron chi connectivity index (χ1n) is 8.08. The Hall–Kier alpha value is -3.00. The number of hydrogen-bond acceptors (Lipinski definition) is 4. The molecule has 0 unspecified atom stereocenters. The Kier molecular flexibility index (Phi) is 6.69. The van der Waals surface area contributed by atoms with Gasteiger partial charge in [0.05, 0.1) is 17.1 Å². The molecular weight excluding hydrogens is 393 g/mol. The summed E-state index contributed by atoms with van der Waals surface area (Å²) in [4.78, 5) is 10.6. The van der Waals surface area contributed by atoms with E-state index in [1.807, 2.05) is 31.3 Å². The Bertz CT molecular complexity index is 953. The SMILES string of the molecule is CNc1ccc(Cl)cc1.Cc1cc(C(F)(F)F)n(-c2ccc(C=O)cc2N)n1. The first-order chi connectivity index (χ1) is 13.2. The van der Waals surface area contributed by atoms with Gasteiger partial charge in [-0.05, 0) is 55.5 Å². The number of benzene rings is 2. The van der Waals surface area contributed by atoms with Crippen LogP contribution in [-0.4, -0.2) is 23.1 Å². The zero-order valence-corrected chi connectivity index (χ0v) is 15.8. The smallest absolute Gasteiger partial charge is 0.397 e. The van der Waals surface area contributed by atoms with E-state index in [2.05, 4.69) is 10.4 Å². The molecule has 0 saturated carbocycles. The van der Waals surface area contributed by atoms with Crippen molar-refractivity contribution in [1.29, 1.82) is 0 Å². The molecule has 148 valence electrons. The molecule has 9 heteroatoms. The fraction of sp³-hybridized carbons (Fsp3) is 0.158. The third-order valence-corrected chi connectivity index (χ3v) is 3.92. The molecule has 3 rings (SSSR count). The summed E-state index contributed by atoms with van der Waals surface area (Å²) in [5.41, 5.74) is 6.50. The summed E-state index contributed by atoms with van der Waals surface area (Å²) in [6.07, 6.45) is -3.96. The summed E-state index contributed by atoms with van der Waals surface area (Å²) in [5.74, 6) is 0. The van der Waals surface area contributed by atoms with Crippen molar-refractivity contribution in [3.63, 3.8) is 0 Å². The van der Waals surface area contributed by atoms with E-state index < -0.39 is 11.9 Å². The maximum absolute atomic E-state index is 12.9. The standard InChI is InChI=1S/C12H10F3N3O.C7H8ClN/c1-7-4-11(12(13,14)15)18(17-7)10-3-2-8(6-19)5-9(10)16;1-9-7-4-2-6(8)3-5-7/h2-6H,16H2,1H3;2-5,9H,1H3. The van der Waals surface area contributed by atoms with Crippen molar-refractivity contribution in [3.05, 3.63) is 70.5 Å². The predicted molar refractivity (Wildman–Crippen MR) is 104 cm³/mol. The molecule has 3 N–H and O–H groups in total. The number of nitrogen functional groups attached to an aromatic ring is 1. The van der Waals surface area contributed by atoms with E-state index in [0.717, 1.165) is 21.5 Å². The highest BCUT2D eigenvalue weighted by atomic mass is 35.5. The minimum absolute atomic E-state index is 0.0539. The lowest BCUT2D eigenvalue weighted by atomic mass is 10.2. The lowest BCUT2D eigenvalue weighted by Gasteiger charge is -2.12. The number of halogens is 4. The lowest BCUT2D eigenvalue weighted by Crippen LogP contribution is -2.14. The molecule has 3 aromatic rings. The van der Waals surface area contributed by atoms with Crippen LogP contribution in [0.1, 0.15) is 21.7 Å². The average Bonchev–Trinajstić information content (AvgIpc) is 3.04. The molecule has 0 aliphatic rings. The third kappa shape index (κ3) is 5.26. The quantitative estimate of drug-likeness (QED) is 0.472. The van der Waals surface area contributed by atoms with Gasteiger partial charge in [0.1, 0.15) is 12.0 Å². The van der Waals surface area contributed by atoms with Crippen LogP contribution in [0.5, 0.6) is 0 Å². The van der Waals surface area contributed by atoms with Gasteiger partial charge in [0.15, 0.2) is 0 Å². The van der Waals surface area contributed by atoms with Crippen LogP contribution >= 0.6 is 11.6 Å². The number of nitrogens with zero attached hydrogens (tertiary/aromatic N) is 2. The summed E-state index contributed by atoms with van der Waals surface area (Å²) in [6.45, 7) is 1.46. The predicted octanol–water partition coefficient (Wildman–Crippen LogP) is 4.98.